The summed E-state index contributed by atoms with van der Waals surface area (Å²) >= 11 is 0. The molecule has 3 heterocycles. The molecule has 0 fully saturated rings. The first-order valence-electron chi connectivity index (χ1n) is 7.77. The number of rotatable bonds is 4. The number of nitrogens with one attached hydrogen (secondary N) is 1. The zero-order valence-electron chi connectivity index (χ0n) is 14.1. The Labute approximate surface area is 148 Å². The molecule has 0 saturated carbocycles. The Hall–Kier alpha value is -3.76. The number of nitrogen functional groups attached to an aromatic ring is 1. The van der Waals surface area contributed by atoms with Crippen molar-refractivity contribution in [3.63, 3.8) is 0 Å². The molecular formula is C15H14BN9O. The van der Waals surface area contributed by atoms with E-state index < -0.39 is 0 Å². The lowest BCUT2D eigenvalue weighted by Crippen LogP contribution is -2.15. The average Bonchev–Trinajstić information content (AvgIpc) is 3.30. The van der Waals surface area contributed by atoms with Crippen LogP contribution in [-0.2, 0) is 0 Å². The van der Waals surface area contributed by atoms with Gasteiger partial charge in [0.1, 0.15) is 13.5 Å². The summed E-state index contributed by atoms with van der Waals surface area (Å²) in [4.78, 5) is 18.8. The van der Waals surface area contributed by atoms with Crippen molar-refractivity contribution < 1.29 is 4.52 Å². The molecule has 0 aliphatic heterocycles. The third-order valence-corrected chi connectivity index (χ3v) is 3.74. The van der Waals surface area contributed by atoms with Gasteiger partial charge in [-0.3, -0.25) is 5.10 Å². The van der Waals surface area contributed by atoms with Crippen LogP contribution in [0.1, 0.15) is 0 Å². The molecule has 3 aromatic heterocycles. The molecule has 0 saturated heterocycles. The van der Waals surface area contributed by atoms with Gasteiger partial charge in [-0.2, -0.15) is 25.0 Å². The minimum Gasteiger partial charge on any atom is -0.368 e. The van der Waals surface area contributed by atoms with Crippen LogP contribution >= 0.6 is 0 Å². The minimum atomic E-state index is 0.0649. The molecule has 10 nitrogen and oxygen atoms in total. The lowest BCUT2D eigenvalue weighted by Gasteiger charge is -2.17. The maximum atomic E-state index is 5.85. The lowest BCUT2D eigenvalue weighted by atomic mass is 9.97. The van der Waals surface area contributed by atoms with Crippen LogP contribution in [0.5, 0.6) is 0 Å². The summed E-state index contributed by atoms with van der Waals surface area (Å²) < 4.78 is 5.27. The van der Waals surface area contributed by atoms with Crippen LogP contribution in [0.25, 0.3) is 23.2 Å². The number of benzene rings is 1. The molecule has 0 unspecified atom stereocenters. The van der Waals surface area contributed by atoms with E-state index in [0.29, 0.717) is 11.6 Å². The number of para-hydroxylation sites is 1. The van der Waals surface area contributed by atoms with E-state index in [1.807, 2.05) is 45.2 Å². The van der Waals surface area contributed by atoms with Gasteiger partial charge >= 0.3 is 0 Å². The van der Waals surface area contributed by atoms with Crippen molar-refractivity contribution in [1.29, 1.82) is 0 Å². The summed E-state index contributed by atoms with van der Waals surface area (Å²) in [6.45, 7) is 0. The number of H-pyrrole nitrogens is 1. The van der Waals surface area contributed by atoms with Crippen molar-refractivity contribution in [1.82, 2.24) is 35.3 Å². The minimum absolute atomic E-state index is 0.0649. The van der Waals surface area contributed by atoms with E-state index >= 15 is 0 Å². The van der Waals surface area contributed by atoms with Crippen molar-refractivity contribution in [2.24, 2.45) is 0 Å². The Bertz CT molecular complexity index is 1050. The number of hydrogen-bond donors (Lipinski definition) is 2. The van der Waals surface area contributed by atoms with E-state index in [9.17, 15) is 0 Å². The van der Waals surface area contributed by atoms with Crippen molar-refractivity contribution in [3.8, 4) is 23.2 Å². The van der Waals surface area contributed by atoms with E-state index in [-0.39, 0.29) is 23.5 Å². The Balaban J connectivity index is 1.71. The summed E-state index contributed by atoms with van der Waals surface area (Å²) in [5.74, 6) is 1.14. The van der Waals surface area contributed by atoms with E-state index in [2.05, 4.69) is 35.3 Å². The van der Waals surface area contributed by atoms with Gasteiger partial charge in [-0.1, -0.05) is 23.4 Å². The molecule has 0 bridgehead atoms. The van der Waals surface area contributed by atoms with Gasteiger partial charge < -0.3 is 15.2 Å². The number of aromatic amines is 1. The largest absolute Gasteiger partial charge is 0.368 e. The highest BCUT2D eigenvalue weighted by molar-refractivity contribution is 6.35. The van der Waals surface area contributed by atoms with Gasteiger partial charge in [0.05, 0.1) is 0 Å². The molecule has 0 atom stereocenters. The fourth-order valence-electron chi connectivity index (χ4n) is 2.37. The SMILES string of the molecule is Bc1c[nH]nc1-c1nc(-c2nc(N)nc(N(C)c3ccccc3)n2)no1. The molecule has 0 spiro atoms. The normalized spacial score (nSPS) is 10.8. The van der Waals surface area contributed by atoms with Crippen molar-refractivity contribution >= 4 is 30.9 Å². The first kappa shape index (κ1) is 15.8. The maximum absolute atomic E-state index is 5.85. The summed E-state index contributed by atoms with van der Waals surface area (Å²) in [7, 11) is 3.72. The quantitative estimate of drug-likeness (QED) is 0.486. The second-order valence-corrected chi connectivity index (χ2v) is 5.55. The number of hydrogen-bond acceptors (Lipinski definition) is 9. The van der Waals surface area contributed by atoms with Crippen LogP contribution in [0.15, 0.2) is 41.1 Å². The van der Waals surface area contributed by atoms with E-state index in [1.54, 1.807) is 11.1 Å². The Morgan fingerprint density at radius 3 is 2.62 bits per heavy atom. The highest BCUT2D eigenvalue weighted by atomic mass is 16.5. The monoisotopic (exact) mass is 347 g/mol. The maximum Gasteiger partial charge on any atom is 0.278 e. The first-order valence-corrected chi connectivity index (χ1v) is 7.77. The Kier molecular flexibility index (Phi) is 3.80. The third kappa shape index (κ3) is 2.86. The van der Waals surface area contributed by atoms with E-state index in [0.717, 1.165) is 11.2 Å². The second kappa shape index (κ2) is 6.28. The molecule has 4 aromatic rings. The van der Waals surface area contributed by atoms with Crippen LogP contribution in [0.4, 0.5) is 17.6 Å². The van der Waals surface area contributed by atoms with E-state index in [1.165, 1.54) is 0 Å². The number of aromatic nitrogens is 7. The molecule has 4 rings (SSSR count). The lowest BCUT2D eigenvalue weighted by molar-refractivity contribution is 0.430. The van der Waals surface area contributed by atoms with Gasteiger partial charge in [-0.15, -0.1) is 0 Å². The second-order valence-electron chi connectivity index (χ2n) is 5.55. The zero-order chi connectivity index (χ0) is 18.1. The fraction of sp³-hybridized carbons (Fsp3) is 0.0667. The van der Waals surface area contributed by atoms with Crippen LogP contribution in [0.2, 0.25) is 0 Å². The summed E-state index contributed by atoms with van der Waals surface area (Å²) in [5.41, 5.74) is 8.22. The van der Waals surface area contributed by atoms with Gasteiger partial charge in [0, 0.05) is 18.9 Å². The van der Waals surface area contributed by atoms with Crippen LogP contribution < -0.4 is 16.1 Å². The molecule has 0 aliphatic rings. The van der Waals surface area contributed by atoms with Crippen molar-refractivity contribution in [3.05, 3.63) is 36.5 Å². The highest BCUT2D eigenvalue weighted by Crippen LogP contribution is 2.23. The average molecular weight is 347 g/mol. The molecule has 0 amide bonds. The molecule has 1 aromatic carbocycles. The van der Waals surface area contributed by atoms with Gasteiger partial charge in [-0.25, -0.2) is 0 Å². The molecule has 26 heavy (non-hydrogen) atoms. The third-order valence-electron chi connectivity index (χ3n) is 3.74. The standard InChI is InChI=1S/C15H14BN9O/c1-25(8-5-3-2-4-6-8)15-21-11(20-14(17)22-15)12-19-13(26-24-12)10-9(16)7-18-23-10/h2-7H,16H2,1H3,(H,18,23)(H2,17,20,21,22). The first-order chi connectivity index (χ1) is 12.6. The van der Waals surface area contributed by atoms with Gasteiger partial charge in [0.15, 0.2) is 0 Å². The smallest absolute Gasteiger partial charge is 0.278 e. The van der Waals surface area contributed by atoms with Gasteiger partial charge in [0.25, 0.3) is 5.89 Å². The number of anilines is 3. The molecule has 11 heteroatoms. The van der Waals surface area contributed by atoms with Gasteiger partial charge in [0.2, 0.25) is 23.5 Å². The molecule has 0 aliphatic carbocycles. The molecule has 128 valence electrons. The Morgan fingerprint density at radius 2 is 1.88 bits per heavy atom. The van der Waals surface area contributed by atoms with Crippen molar-refractivity contribution in [2.75, 3.05) is 17.7 Å². The fourth-order valence-corrected chi connectivity index (χ4v) is 2.37. The zero-order valence-corrected chi connectivity index (χ0v) is 14.1. The number of nitrogens with zero attached hydrogens (tertiary/aromatic N) is 7. The molecule has 3 N–H and O–H groups in total. The van der Waals surface area contributed by atoms with Crippen molar-refractivity contribution in [2.45, 2.75) is 0 Å². The van der Waals surface area contributed by atoms with E-state index in [4.69, 9.17) is 10.3 Å². The summed E-state index contributed by atoms with van der Waals surface area (Å²) in [6.07, 6.45) is 1.74. The van der Waals surface area contributed by atoms with Crippen LogP contribution in [-0.4, -0.2) is 50.2 Å². The topological polar surface area (TPSA) is 136 Å². The van der Waals surface area contributed by atoms with Crippen LogP contribution in [0, 0.1) is 0 Å². The highest BCUT2D eigenvalue weighted by Gasteiger charge is 2.19. The van der Waals surface area contributed by atoms with Gasteiger partial charge in [-0.05, 0) is 17.6 Å². The summed E-state index contributed by atoms with van der Waals surface area (Å²) in [6, 6.07) is 9.66. The van der Waals surface area contributed by atoms with Crippen LogP contribution in [0.3, 0.4) is 0 Å². The Morgan fingerprint density at radius 1 is 1.08 bits per heavy atom. The summed E-state index contributed by atoms with van der Waals surface area (Å²) in [5, 5.41) is 10.8. The number of nitrogens with two attached hydrogens (primary N) is 1. The molecular weight excluding hydrogens is 333 g/mol. The predicted octanol–water partition coefficient (Wildman–Crippen LogP) is -0.0798. The molecule has 0 radical (unpaired) electrons. The predicted molar refractivity (Wildman–Crippen MR) is 97.8 cm³/mol.